The molecule has 4 rings (SSSR count). The number of pyridine rings is 2. The van der Waals surface area contributed by atoms with Crippen molar-refractivity contribution in [3.05, 3.63) is 99.2 Å². The summed E-state index contributed by atoms with van der Waals surface area (Å²) in [5.41, 5.74) is 1.94. The quantitative estimate of drug-likeness (QED) is 0.674. The molecule has 0 saturated carbocycles. The monoisotopic (exact) mass is 408 g/mol. The lowest BCUT2D eigenvalue weighted by Crippen LogP contribution is -2.41. The van der Waals surface area contributed by atoms with Crippen LogP contribution in [0.25, 0.3) is 0 Å². The van der Waals surface area contributed by atoms with Gasteiger partial charge in [0.05, 0.1) is 6.04 Å². The molecule has 2 atom stereocenters. The summed E-state index contributed by atoms with van der Waals surface area (Å²) in [4.78, 5) is 21.1. The van der Waals surface area contributed by atoms with Crippen molar-refractivity contribution >= 4 is 5.84 Å². The number of aryl methyl sites for hydroxylation is 2. The fourth-order valence-corrected chi connectivity index (χ4v) is 4.03. The van der Waals surface area contributed by atoms with Gasteiger partial charge in [0.1, 0.15) is 17.2 Å². The van der Waals surface area contributed by atoms with Crippen LogP contribution in [0.5, 0.6) is 0 Å². The van der Waals surface area contributed by atoms with Gasteiger partial charge in [0.15, 0.2) is 0 Å². The highest BCUT2D eigenvalue weighted by atomic mass is 19.1. The molecule has 5 nitrogen and oxygen atoms in total. The second-order valence-corrected chi connectivity index (χ2v) is 7.49. The van der Waals surface area contributed by atoms with E-state index in [1.807, 2.05) is 19.9 Å². The zero-order chi connectivity index (χ0) is 21.5. The number of hydrogen-bond donors (Lipinski definition) is 1. The molecule has 1 aliphatic heterocycles. The Labute approximate surface area is 173 Å². The van der Waals surface area contributed by atoms with E-state index in [0.717, 1.165) is 11.1 Å². The Balaban J connectivity index is 1.93. The highest BCUT2D eigenvalue weighted by Crippen LogP contribution is 2.40. The van der Waals surface area contributed by atoms with Gasteiger partial charge in [0.2, 0.25) is 5.95 Å². The molecule has 0 amide bonds. The van der Waals surface area contributed by atoms with Crippen LogP contribution in [0.1, 0.15) is 36.1 Å². The topological polar surface area (TPSA) is 59.3 Å². The number of nitrogens with zero attached hydrogens (tertiary/aromatic N) is 3. The lowest BCUT2D eigenvalue weighted by molar-refractivity contribution is 0.449. The summed E-state index contributed by atoms with van der Waals surface area (Å²) >= 11 is 0. The lowest BCUT2D eigenvalue weighted by atomic mass is 9.79. The molecule has 30 heavy (non-hydrogen) atoms. The summed E-state index contributed by atoms with van der Waals surface area (Å²) in [6, 6.07) is 10.7. The smallest absolute Gasteiger partial charge is 0.253 e. The number of rotatable bonds is 4. The van der Waals surface area contributed by atoms with Crippen LogP contribution in [0.3, 0.4) is 0 Å². The summed E-state index contributed by atoms with van der Waals surface area (Å²) in [5, 5.41) is 3.40. The van der Waals surface area contributed by atoms with Gasteiger partial charge in [-0.15, -0.1) is 0 Å². The van der Waals surface area contributed by atoms with Crippen LogP contribution in [0.15, 0.2) is 64.6 Å². The fourth-order valence-electron chi connectivity index (χ4n) is 4.03. The zero-order valence-corrected chi connectivity index (χ0v) is 17.0. The van der Waals surface area contributed by atoms with Gasteiger partial charge in [0.25, 0.3) is 5.56 Å². The zero-order valence-electron chi connectivity index (χ0n) is 17.0. The third-order valence-electron chi connectivity index (χ3n) is 5.63. The molecule has 0 aliphatic carbocycles. The largest absolute Gasteiger partial charge is 0.364 e. The summed E-state index contributed by atoms with van der Waals surface area (Å²) < 4.78 is 28.7. The maximum Gasteiger partial charge on any atom is 0.253 e. The molecule has 0 radical (unpaired) electrons. The first-order chi connectivity index (χ1) is 14.3. The Kier molecular flexibility index (Phi) is 4.97. The number of halogens is 2. The van der Waals surface area contributed by atoms with Crippen molar-refractivity contribution < 1.29 is 8.78 Å². The molecule has 1 N–H and O–H groups in total. The van der Waals surface area contributed by atoms with Crippen molar-refractivity contribution in [3.63, 3.8) is 0 Å². The van der Waals surface area contributed by atoms with Crippen molar-refractivity contribution in [1.29, 1.82) is 0 Å². The molecule has 3 heterocycles. The van der Waals surface area contributed by atoms with Gasteiger partial charge in [-0.25, -0.2) is 14.4 Å². The van der Waals surface area contributed by atoms with E-state index in [0.29, 0.717) is 23.4 Å². The number of nitrogens with one attached hydrogen (secondary N) is 1. The molecule has 7 heteroatoms. The minimum atomic E-state index is -0.926. The van der Waals surface area contributed by atoms with Gasteiger partial charge >= 0.3 is 0 Å². The van der Waals surface area contributed by atoms with Gasteiger partial charge in [-0.2, -0.15) is 4.39 Å². The number of amidine groups is 1. The van der Waals surface area contributed by atoms with E-state index in [1.54, 1.807) is 36.0 Å². The minimum Gasteiger partial charge on any atom is -0.364 e. The van der Waals surface area contributed by atoms with Gasteiger partial charge in [-0.3, -0.25) is 4.79 Å². The predicted molar refractivity (Wildman–Crippen MR) is 112 cm³/mol. The third-order valence-corrected chi connectivity index (χ3v) is 5.63. The highest BCUT2D eigenvalue weighted by molar-refractivity contribution is 6.01. The number of aromatic nitrogens is 2. The Bertz CT molecular complexity index is 1120. The first kappa shape index (κ1) is 19.9. The van der Waals surface area contributed by atoms with Crippen molar-refractivity contribution in [3.8, 4) is 0 Å². The summed E-state index contributed by atoms with van der Waals surface area (Å²) in [6.45, 7) is 3.89. The average Bonchev–Trinajstić information content (AvgIpc) is 3.09. The molecule has 0 bridgehead atoms. The molecular formula is C23H22F2N4O. The highest BCUT2D eigenvalue weighted by Gasteiger charge is 2.45. The third kappa shape index (κ3) is 3.20. The van der Waals surface area contributed by atoms with E-state index < -0.39 is 11.5 Å². The molecule has 2 aromatic heterocycles. The van der Waals surface area contributed by atoms with Crippen LogP contribution < -0.4 is 10.9 Å². The molecule has 3 aromatic rings. The summed E-state index contributed by atoms with van der Waals surface area (Å²) in [6.07, 6.45) is 3.81. The lowest BCUT2D eigenvalue weighted by Gasteiger charge is -2.31. The molecular weight excluding hydrogens is 386 g/mol. The van der Waals surface area contributed by atoms with E-state index in [1.165, 1.54) is 24.4 Å². The second-order valence-electron chi connectivity index (χ2n) is 7.49. The van der Waals surface area contributed by atoms with Gasteiger partial charge in [-0.1, -0.05) is 25.1 Å². The van der Waals surface area contributed by atoms with Crippen LogP contribution >= 0.6 is 0 Å². The molecule has 0 unspecified atom stereocenters. The number of hydrogen-bond acceptors (Lipinski definition) is 4. The fraction of sp³-hybridized carbons (Fsp3) is 0.261. The van der Waals surface area contributed by atoms with Crippen LogP contribution in [0.4, 0.5) is 8.78 Å². The number of aliphatic imine (C=N–C) groups is 1. The van der Waals surface area contributed by atoms with Crippen molar-refractivity contribution in [2.24, 2.45) is 12.0 Å². The van der Waals surface area contributed by atoms with Crippen molar-refractivity contribution in [1.82, 2.24) is 14.9 Å². The Morgan fingerprint density at radius 2 is 1.83 bits per heavy atom. The predicted octanol–water partition coefficient (Wildman–Crippen LogP) is 3.30. The number of benzene rings is 1. The first-order valence-electron chi connectivity index (χ1n) is 9.79. The molecule has 0 fully saturated rings. The van der Waals surface area contributed by atoms with E-state index >= 15 is 0 Å². The molecule has 1 aromatic carbocycles. The van der Waals surface area contributed by atoms with Crippen LogP contribution in [-0.4, -0.2) is 21.4 Å². The van der Waals surface area contributed by atoms with Gasteiger partial charge in [0, 0.05) is 36.1 Å². The maximum atomic E-state index is 13.6. The molecule has 0 spiro atoms. The van der Waals surface area contributed by atoms with E-state index in [9.17, 15) is 13.6 Å². The van der Waals surface area contributed by atoms with Gasteiger partial charge in [-0.05, 0) is 43.2 Å². The standard InChI is InChI=1S/C23H22F2N4O/c1-4-15-11-16(13-29(3)22(15)30)21-27-14(2)23(28-21,17-5-8-19(24)9-6-17)18-7-10-20(25)26-12-18/h5-14H,4H2,1-3H3,(H,27,28)/t14-,23-/m0/s1. The average molecular weight is 408 g/mol. The van der Waals surface area contributed by atoms with E-state index in [4.69, 9.17) is 4.99 Å². The van der Waals surface area contributed by atoms with Crippen LogP contribution in [-0.2, 0) is 19.0 Å². The Hall–Kier alpha value is -3.35. The van der Waals surface area contributed by atoms with Crippen molar-refractivity contribution in [2.45, 2.75) is 31.8 Å². The molecule has 154 valence electrons. The molecule has 0 saturated heterocycles. The van der Waals surface area contributed by atoms with Gasteiger partial charge < -0.3 is 9.88 Å². The second kappa shape index (κ2) is 7.48. The van der Waals surface area contributed by atoms with Crippen molar-refractivity contribution in [2.75, 3.05) is 0 Å². The Morgan fingerprint density at radius 1 is 1.13 bits per heavy atom. The first-order valence-corrected chi connectivity index (χ1v) is 9.79. The van der Waals surface area contributed by atoms with E-state index in [-0.39, 0.29) is 17.4 Å². The van der Waals surface area contributed by atoms with Crippen LogP contribution in [0.2, 0.25) is 0 Å². The molecule has 1 aliphatic rings. The minimum absolute atomic E-state index is 0.0413. The Morgan fingerprint density at radius 3 is 2.47 bits per heavy atom. The summed E-state index contributed by atoms with van der Waals surface area (Å²) in [7, 11) is 1.71. The summed E-state index contributed by atoms with van der Waals surface area (Å²) in [5.74, 6) is -0.317. The SMILES string of the molecule is CCc1cc(C2=N[C@@](c3ccc(F)cc3)(c3ccc(F)nc3)[C@H](C)N2)cn(C)c1=O. The maximum absolute atomic E-state index is 13.6. The van der Waals surface area contributed by atoms with E-state index in [2.05, 4.69) is 10.3 Å². The van der Waals surface area contributed by atoms with Crippen LogP contribution in [0, 0.1) is 11.8 Å². The normalized spacial score (nSPS) is 20.7.